The Hall–Kier alpha value is -4.20. The standard InChI is InChI=1S/C23H21N5O3/c29-20(25-26-23(31)22(30)24-18-12-13-18)14-11-17-15-28(19-9-5-2-6-10-19)27-21(17)16-7-3-1-4-8-16/h1-11,14-15,18H,12-13H2,(H,24,30)(H,25,29)(H,26,31)/b14-11+. The first-order chi connectivity index (χ1) is 15.1. The normalized spacial score (nSPS) is 13.0. The van der Waals surface area contributed by atoms with Crippen LogP contribution in [0, 0.1) is 0 Å². The molecule has 4 rings (SSSR count). The molecule has 156 valence electrons. The molecule has 0 saturated heterocycles. The molecule has 31 heavy (non-hydrogen) atoms. The van der Waals surface area contributed by atoms with Crippen molar-refractivity contribution in [1.82, 2.24) is 25.9 Å². The molecule has 0 unspecified atom stereocenters. The van der Waals surface area contributed by atoms with Crippen LogP contribution in [0.5, 0.6) is 0 Å². The van der Waals surface area contributed by atoms with Gasteiger partial charge in [0.05, 0.1) is 11.4 Å². The smallest absolute Gasteiger partial charge is 0.327 e. The van der Waals surface area contributed by atoms with Gasteiger partial charge in [0.15, 0.2) is 0 Å². The molecule has 1 aliphatic rings. The first kappa shape index (κ1) is 20.1. The van der Waals surface area contributed by atoms with Crippen LogP contribution in [0.3, 0.4) is 0 Å². The molecule has 1 aromatic heterocycles. The van der Waals surface area contributed by atoms with Crippen LogP contribution in [0.25, 0.3) is 23.0 Å². The highest BCUT2D eigenvalue weighted by Gasteiger charge is 2.26. The number of carbonyl (C=O) groups is 3. The van der Waals surface area contributed by atoms with Crippen molar-refractivity contribution in [3.63, 3.8) is 0 Å². The highest BCUT2D eigenvalue weighted by Crippen LogP contribution is 2.24. The summed E-state index contributed by atoms with van der Waals surface area (Å²) < 4.78 is 1.74. The molecule has 1 heterocycles. The largest absolute Gasteiger partial charge is 0.345 e. The summed E-state index contributed by atoms with van der Waals surface area (Å²) in [6.07, 6.45) is 6.45. The Morgan fingerprint density at radius 2 is 1.58 bits per heavy atom. The van der Waals surface area contributed by atoms with E-state index in [1.165, 1.54) is 6.08 Å². The summed E-state index contributed by atoms with van der Waals surface area (Å²) >= 11 is 0. The third kappa shape index (κ3) is 5.24. The molecule has 1 saturated carbocycles. The zero-order valence-electron chi connectivity index (χ0n) is 16.6. The fourth-order valence-corrected chi connectivity index (χ4v) is 2.90. The van der Waals surface area contributed by atoms with Gasteiger partial charge in [0.25, 0.3) is 5.91 Å². The first-order valence-electron chi connectivity index (χ1n) is 9.89. The maximum atomic E-state index is 12.1. The molecule has 3 N–H and O–H groups in total. The topological polar surface area (TPSA) is 105 Å². The van der Waals surface area contributed by atoms with Crippen molar-refractivity contribution >= 4 is 23.8 Å². The van der Waals surface area contributed by atoms with Crippen molar-refractivity contribution in [2.45, 2.75) is 18.9 Å². The summed E-state index contributed by atoms with van der Waals surface area (Å²) in [6, 6.07) is 19.3. The molecule has 8 nitrogen and oxygen atoms in total. The fourth-order valence-electron chi connectivity index (χ4n) is 2.90. The number of amides is 3. The minimum Gasteiger partial charge on any atom is -0.345 e. The van der Waals surface area contributed by atoms with Gasteiger partial charge in [0, 0.05) is 29.4 Å². The van der Waals surface area contributed by atoms with E-state index in [1.807, 2.05) is 66.9 Å². The summed E-state index contributed by atoms with van der Waals surface area (Å²) in [7, 11) is 0. The fraction of sp³-hybridized carbons (Fsp3) is 0.130. The number of hydrogen-bond acceptors (Lipinski definition) is 4. The Morgan fingerprint density at radius 1 is 0.903 bits per heavy atom. The zero-order chi connectivity index (χ0) is 21.6. The summed E-state index contributed by atoms with van der Waals surface area (Å²) in [6.45, 7) is 0. The lowest BCUT2D eigenvalue weighted by atomic mass is 10.1. The number of rotatable bonds is 5. The lowest BCUT2D eigenvalue weighted by Crippen LogP contribution is -2.48. The highest BCUT2D eigenvalue weighted by atomic mass is 16.2. The van der Waals surface area contributed by atoms with Crippen LogP contribution in [0.2, 0.25) is 0 Å². The predicted octanol–water partition coefficient (Wildman–Crippen LogP) is 1.98. The van der Waals surface area contributed by atoms with Gasteiger partial charge in [-0.2, -0.15) is 5.10 Å². The number of benzene rings is 2. The second-order valence-electron chi connectivity index (χ2n) is 7.10. The number of nitrogens with zero attached hydrogens (tertiary/aromatic N) is 2. The van der Waals surface area contributed by atoms with Crippen LogP contribution < -0.4 is 16.2 Å². The molecule has 0 radical (unpaired) electrons. The van der Waals surface area contributed by atoms with Gasteiger partial charge in [-0.25, -0.2) is 4.68 Å². The molecular formula is C23H21N5O3. The maximum absolute atomic E-state index is 12.1. The molecule has 0 aliphatic heterocycles. The van der Waals surface area contributed by atoms with Crippen LogP contribution in [0.15, 0.2) is 72.9 Å². The molecular weight excluding hydrogens is 394 g/mol. The SMILES string of the molecule is O=C(/C=C/c1cn(-c2ccccc2)nc1-c1ccccc1)NNC(=O)C(=O)NC1CC1. The van der Waals surface area contributed by atoms with Gasteiger partial charge in [-0.15, -0.1) is 0 Å². The average molecular weight is 415 g/mol. The second-order valence-corrected chi connectivity index (χ2v) is 7.10. The Bertz CT molecular complexity index is 1120. The minimum absolute atomic E-state index is 0.0615. The Labute approximate surface area is 178 Å². The van der Waals surface area contributed by atoms with Gasteiger partial charge in [0.1, 0.15) is 0 Å². The Kier molecular flexibility index (Phi) is 5.89. The van der Waals surface area contributed by atoms with Crippen molar-refractivity contribution < 1.29 is 14.4 Å². The highest BCUT2D eigenvalue weighted by molar-refractivity contribution is 6.35. The predicted molar refractivity (Wildman–Crippen MR) is 115 cm³/mol. The molecule has 3 aromatic rings. The van der Waals surface area contributed by atoms with Crippen LogP contribution in [-0.2, 0) is 14.4 Å². The van der Waals surface area contributed by atoms with Crippen molar-refractivity contribution in [2.24, 2.45) is 0 Å². The monoisotopic (exact) mass is 415 g/mol. The van der Waals surface area contributed by atoms with Gasteiger partial charge in [0.2, 0.25) is 0 Å². The molecule has 8 heteroatoms. The molecule has 0 spiro atoms. The quantitative estimate of drug-likeness (QED) is 0.337. The van der Waals surface area contributed by atoms with Gasteiger partial charge in [-0.1, -0.05) is 48.5 Å². The third-order valence-corrected chi connectivity index (χ3v) is 4.64. The average Bonchev–Trinajstić information content (AvgIpc) is 3.52. The molecule has 0 atom stereocenters. The molecule has 2 aromatic carbocycles. The number of hydrogen-bond donors (Lipinski definition) is 3. The van der Waals surface area contributed by atoms with Crippen molar-refractivity contribution in [2.75, 3.05) is 0 Å². The lowest BCUT2D eigenvalue weighted by Gasteiger charge is -2.05. The van der Waals surface area contributed by atoms with Crippen molar-refractivity contribution in [3.05, 3.63) is 78.5 Å². The van der Waals surface area contributed by atoms with E-state index in [2.05, 4.69) is 21.3 Å². The van der Waals surface area contributed by atoms with E-state index in [0.29, 0.717) is 5.69 Å². The van der Waals surface area contributed by atoms with Crippen molar-refractivity contribution in [3.8, 4) is 16.9 Å². The maximum Gasteiger partial charge on any atom is 0.327 e. The Morgan fingerprint density at radius 3 is 2.26 bits per heavy atom. The Balaban J connectivity index is 1.48. The van der Waals surface area contributed by atoms with Crippen LogP contribution in [0.4, 0.5) is 0 Å². The minimum atomic E-state index is -0.907. The van der Waals surface area contributed by atoms with Crippen LogP contribution in [0.1, 0.15) is 18.4 Å². The summed E-state index contributed by atoms with van der Waals surface area (Å²) in [5.74, 6) is -2.24. The van der Waals surface area contributed by atoms with E-state index in [-0.39, 0.29) is 6.04 Å². The van der Waals surface area contributed by atoms with E-state index < -0.39 is 17.7 Å². The van der Waals surface area contributed by atoms with E-state index in [0.717, 1.165) is 29.7 Å². The number of hydrazine groups is 1. The van der Waals surface area contributed by atoms with E-state index in [4.69, 9.17) is 0 Å². The summed E-state index contributed by atoms with van der Waals surface area (Å²) in [4.78, 5) is 35.5. The van der Waals surface area contributed by atoms with Crippen LogP contribution >= 0.6 is 0 Å². The van der Waals surface area contributed by atoms with Crippen molar-refractivity contribution in [1.29, 1.82) is 0 Å². The second kappa shape index (κ2) is 9.08. The number of aromatic nitrogens is 2. The van der Waals surface area contributed by atoms with E-state index in [1.54, 1.807) is 10.8 Å². The van der Waals surface area contributed by atoms with Gasteiger partial charge < -0.3 is 5.32 Å². The number of carbonyl (C=O) groups excluding carboxylic acids is 3. The molecule has 1 fully saturated rings. The number of para-hydroxylation sites is 1. The molecule has 0 bridgehead atoms. The van der Waals surface area contributed by atoms with Gasteiger partial charge in [-0.3, -0.25) is 25.2 Å². The summed E-state index contributed by atoms with van der Waals surface area (Å²) in [5.41, 5.74) is 7.54. The van der Waals surface area contributed by atoms with E-state index in [9.17, 15) is 14.4 Å². The first-order valence-corrected chi connectivity index (χ1v) is 9.89. The third-order valence-electron chi connectivity index (χ3n) is 4.64. The van der Waals surface area contributed by atoms with Crippen LogP contribution in [-0.4, -0.2) is 33.5 Å². The lowest BCUT2D eigenvalue weighted by molar-refractivity contribution is -0.140. The van der Waals surface area contributed by atoms with E-state index >= 15 is 0 Å². The van der Waals surface area contributed by atoms with Gasteiger partial charge >= 0.3 is 11.8 Å². The zero-order valence-corrected chi connectivity index (χ0v) is 16.6. The number of nitrogens with one attached hydrogen (secondary N) is 3. The van der Waals surface area contributed by atoms with Gasteiger partial charge in [-0.05, 0) is 31.1 Å². The summed E-state index contributed by atoms with van der Waals surface area (Å²) in [5, 5.41) is 7.22. The molecule has 3 amide bonds. The molecule has 1 aliphatic carbocycles.